The standard InChI is InChI=1S/C36H41N13O4.ClH/c1-3-28-43-46-49(44-28)27-17-26(31(50)32(27)51)48-20-38-30-33(37-18-25(22-10-6-4-7-11-22)23-12-8-5-9-13-23)41-35(42-34(30)48)47-15-14-24(19-47)39-36(52)40-29-16-21(2)53-45-29;/h4-13,16,20,24-27,31-32,50-51H,3,14-15,17-19H2,1-2H3,(H,37,41,42)(H2,39,40,45,52);1H/t24-,26-,27+,31+,32-;/m1./s1. The van der Waals surface area contributed by atoms with E-state index >= 15 is 0 Å². The molecule has 282 valence electrons. The maximum absolute atomic E-state index is 12.8. The van der Waals surface area contributed by atoms with Crippen LogP contribution in [0.5, 0.6) is 0 Å². The molecular formula is C36H42ClN13O4. The van der Waals surface area contributed by atoms with E-state index in [1.54, 1.807) is 19.3 Å². The Morgan fingerprint density at radius 1 is 1.02 bits per heavy atom. The smallest absolute Gasteiger partial charge is 0.320 e. The normalized spacial score (nSPS) is 21.1. The fourth-order valence-corrected chi connectivity index (χ4v) is 7.26. The molecule has 0 radical (unpaired) electrons. The van der Waals surface area contributed by atoms with Crippen molar-refractivity contribution in [1.29, 1.82) is 0 Å². The Kier molecular flexibility index (Phi) is 10.7. The summed E-state index contributed by atoms with van der Waals surface area (Å²) in [4.78, 5) is 30.9. The van der Waals surface area contributed by atoms with Crippen LogP contribution in [0, 0.1) is 6.92 Å². The van der Waals surface area contributed by atoms with Crippen molar-refractivity contribution in [3.8, 4) is 0 Å². The van der Waals surface area contributed by atoms with Gasteiger partial charge in [0, 0.05) is 44.1 Å². The Labute approximate surface area is 316 Å². The number of aliphatic hydroxyl groups is 2. The number of anilines is 3. The number of halogens is 1. The van der Waals surface area contributed by atoms with Crippen molar-refractivity contribution in [3.05, 3.63) is 95.8 Å². The van der Waals surface area contributed by atoms with Crippen LogP contribution in [-0.2, 0) is 6.42 Å². The van der Waals surface area contributed by atoms with Gasteiger partial charge >= 0.3 is 6.03 Å². The lowest BCUT2D eigenvalue weighted by atomic mass is 9.91. The Hall–Kier alpha value is -5.65. The number of amides is 2. The zero-order valence-electron chi connectivity index (χ0n) is 29.7. The minimum absolute atomic E-state index is 0. The maximum atomic E-state index is 12.8. The molecule has 0 bridgehead atoms. The highest BCUT2D eigenvalue weighted by Gasteiger charge is 2.45. The Morgan fingerprint density at radius 2 is 1.74 bits per heavy atom. The van der Waals surface area contributed by atoms with Crippen LogP contribution >= 0.6 is 12.4 Å². The number of imidazole rings is 1. The number of urea groups is 1. The maximum Gasteiger partial charge on any atom is 0.320 e. The molecule has 5 atom stereocenters. The van der Waals surface area contributed by atoms with E-state index in [-0.39, 0.29) is 30.4 Å². The second-order valence-electron chi connectivity index (χ2n) is 13.5. The third kappa shape index (κ3) is 7.42. The van der Waals surface area contributed by atoms with Crippen molar-refractivity contribution in [2.24, 2.45) is 0 Å². The number of hydrogen-bond acceptors (Lipinski definition) is 13. The molecule has 2 amide bonds. The van der Waals surface area contributed by atoms with Gasteiger partial charge in [-0.25, -0.2) is 9.78 Å². The lowest BCUT2D eigenvalue weighted by Crippen LogP contribution is -2.40. The minimum atomic E-state index is -1.14. The Bertz CT molecular complexity index is 2140. The van der Waals surface area contributed by atoms with E-state index in [2.05, 4.69) is 60.8 Å². The number of aryl methyl sites for hydroxylation is 2. The number of aromatic nitrogens is 9. The number of carbonyl (C=O) groups is 1. The third-order valence-electron chi connectivity index (χ3n) is 10.0. The van der Waals surface area contributed by atoms with E-state index in [0.717, 1.165) is 11.1 Å². The Balaban J connectivity index is 0.00000450. The van der Waals surface area contributed by atoms with Crippen LogP contribution in [0.1, 0.15) is 60.5 Å². The molecule has 2 fully saturated rings. The van der Waals surface area contributed by atoms with Gasteiger partial charge in [-0.15, -0.1) is 22.6 Å². The van der Waals surface area contributed by atoms with E-state index in [1.165, 1.54) is 4.80 Å². The number of nitrogens with one attached hydrogen (secondary N) is 3. The summed E-state index contributed by atoms with van der Waals surface area (Å²) in [6.45, 7) is 5.26. The van der Waals surface area contributed by atoms with Crippen molar-refractivity contribution in [2.75, 3.05) is 35.2 Å². The number of carbonyl (C=O) groups excluding carboxylic acids is 1. The van der Waals surface area contributed by atoms with Crippen molar-refractivity contribution < 1.29 is 19.5 Å². The van der Waals surface area contributed by atoms with Crippen molar-refractivity contribution in [3.63, 3.8) is 0 Å². The Morgan fingerprint density at radius 3 is 2.41 bits per heavy atom. The first-order valence-electron chi connectivity index (χ1n) is 17.8. The van der Waals surface area contributed by atoms with Crippen LogP contribution in [0.3, 0.4) is 0 Å². The van der Waals surface area contributed by atoms with Crippen LogP contribution < -0.4 is 20.9 Å². The van der Waals surface area contributed by atoms with Gasteiger partial charge in [-0.3, -0.25) is 5.32 Å². The quantitative estimate of drug-likeness (QED) is 0.128. The zero-order valence-corrected chi connectivity index (χ0v) is 30.5. The summed E-state index contributed by atoms with van der Waals surface area (Å²) in [5.74, 6) is 2.49. The summed E-state index contributed by atoms with van der Waals surface area (Å²) in [7, 11) is 0. The van der Waals surface area contributed by atoms with Crippen LogP contribution in [0.2, 0.25) is 0 Å². The molecule has 54 heavy (non-hydrogen) atoms. The van der Waals surface area contributed by atoms with Gasteiger partial charge in [0.15, 0.2) is 28.6 Å². The lowest BCUT2D eigenvalue weighted by molar-refractivity contribution is 0.00473. The highest BCUT2D eigenvalue weighted by molar-refractivity contribution is 5.88. The van der Waals surface area contributed by atoms with Crippen LogP contribution in [0.15, 0.2) is 77.6 Å². The molecule has 5 N–H and O–H groups in total. The molecule has 2 aliphatic rings. The zero-order chi connectivity index (χ0) is 36.5. The molecule has 1 aliphatic heterocycles. The van der Waals surface area contributed by atoms with Gasteiger partial charge in [0.05, 0.1) is 12.4 Å². The van der Waals surface area contributed by atoms with E-state index in [0.29, 0.717) is 79.2 Å². The van der Waals surface area contributed by atoms with E-state index in [9.17, 15) is 15.0 Å². The van der Waals surface area contributed by atoms with Gasteiger partial charge in [0.1, 0.15) is 24.0 Å². The molecular weight excluding hydrogens is 714 g/mol. The van der Waals surface area contributed by atoms with Gasteiger partial charge in [-0.05, 0) is 36.1 Å². The average Bonchev–Trinajstić information content (AvgIpc) is 4.03. The molecule has 1 aliphatic carbocycles. The molecule has 1 saturated heterocycles. The second kappa shape index (κ2) is 15.8. The van der Waals surface area contributed by atoms with Gasteiger partial charge < -0.3 is 34.8 Å². The van der Waals surface area contributed by atoms with E-state index in [4.69, 9.17) is 19.5 Å². The summed E-state index contributed by atoms with van der Waals surface area (Å²) in [6.07, 6.45) is 0.958. The number of rotatable bonds is 11. The molecule has 6 aromatic rings. The summed E-state index contributed by atoms with van der Waals surface area (Å²) in [6, 6.07) is 20.5. The molecule has 5 heterocycles. The molecule has 1 saturated carbocycles. The fraction of sp³-hybridized carbons (Fsp3) is 0.389. The number of aliphatic hydroxyl groups excluding tert-OH is 2. The predicted octanol–water partition coefficient (Wildman–Crippen LogP) is 3.65. The van der Waals surface area contributed by atoms with Crippen molar-refractivity contribution in [1.82, 2.24) is 50.2 Å². The lowest BCUT2D eigenvalue weighted by Gasteiger charge is -2.22. The number of hydrogen-bond donors (Lipinski definition) is 5. The highest BCUT2D eigenvalue weighted by atomic mass is 35.5. The van der Waals surface area contributed by atoms with Gasteiger partial charge in [0.25, 0.3) is 0 Å². The van der Waals surface area contributed by atoms with Gasteiger partial charge in [0.2, 0.25) is 5.95 Å². The number of fused-ring (bicyclic) bond motifs is 1. The summed E-state index contributed by atoms with van der Waals surface area (Å²) in [5, 5.41) is 48.3. The topological polar surface area (TPSA) is 210 Å². The second-order valence-corrected chi connectivity index (χ2v) is 13.5. The number of nitrogens with zero attached hydrogens (tertiary/aromatic N) is 10. The fourth-order valence-electron chi connectivity index (χ4n) is 7.26. The summed E-state index contributed by atoms with van der Waals surface area (Å²) in [5.41, 5.74) is 3.33. The minimum Gasteiger partial charge on any atom is -0.388 e. The average molecular weight is 756 g/mol. The molecule has 0 spiro atoms. The molecule has 2 aromatic carbocycles. The van der Waals surface area contributed by atoms with Gasteiger partial charge in [-0.2, -0.15) is 14.8 Å². The first kappa shape index (κ1) is 36.7. The molecule has 8 rings (SSSR count). The van der Waals surface area contributed by atoms with Crippen molar-refractivity contribution in [2.45, 2.75) is 69.4 Å². The molecule has 17 nitrogen and oxygen atoms in total. The summed E-state index contributed by atoms with van der Waals surface area (Å²) >= 11 is 0. The summed E-state index contributed by atoms with van der Waals surface area (Å²) < 4.78 is 6.87. The predicted molar refractivity (Wildman–Crippen MR) is 202 cm³/mol. The van der Waals surface area contributed by atoms with Crippen LogP contribution in [-0.4, -0.2) is 99.0 Å². The molecule has 4 aromatic heterocycles. The largest absolute Gasteiger partial charge is 0.388 e. The SMILES string of the molecule is CCc1nnn([C@H]2C[C@@H](n3cnc4c(NCC(c5ccccc5)c5ccccc5)nc(N5CC[C@@H](NC(=O)Nc6cc(C)on6)C5)nc43)[C@H](O)[C@@H]2O)n1.Cl. The third-order valence-corrected chi connectivity index (χ3v) is 10.0. The van der Waals surface area contributed by atoms with Gasteiger partial charge in [-0.1, -0.05) is 72.7 Å². The molecule has 0 unspecified atom stereocenters. The van der Waals surface area contributed by atoms with E-state index < -0.39 is 24.3 Å². The first-order chi connectivity index (χ1) is 25.8. The molecule has 18 heteroatoms. The van der Waals surface area contributed by atoms with Crippen LogP contribution in [0.4, 0.5) is 22.4 Å². The van der Waals surface area contributed by atoms with Crippen molar-refractivity contribution >= 4 is 47.2 Å². The number of benzene rings is 2. The number of tetrazole rings is 1. The highest BCUT2D eigenvalue weighted by Crippen LogP contribution is 2.40. The van der Waals surface area contributed by atoms with E-state index in [1.807, 2.05) is 52.8 Å². The first-order valence-corrected chi connectivity index (χ1v) is 17.8. The monoisotopic (exact) mass is 755 g/mol. The van der Waals surface area contributed by atoms with Crippen LogP contribution in [0.25, 0.3) is 11.2 Å².